The summed E-state index contributed by atoms with van der Waals surface area (Å²) in [6.07, 6.45) is 2.45. The van der Waals surface area contributed by atoms with Crippen LogP contribution in [0, 0.1) is 0 Å². The lowest BCUT2D eigenvalue weighted by Crippen LogP contribution is -2.50. The third-order valence-electron chi connectivity index (χ3n) is 3.98. The zero-order chi connectivity index (χ0) is 11.5. The minimum Gasteiger partial charge on any atom is -0.379 e. The molecule has 3 heterocycles. The Bertz CT molecular complexity index is 601. The Hall–Kier alpha value is -0.870. The predicted molar refractivity (Wildman–Crippen MR) is 69.2 cm³/mol. The molecule has 4 rings (SSSR count). The standard InChI is InChI=1S/C13H13BrN2O/c14-9-2-3-11-10(6-9)15-12-13(7-17-8-13)4-1-5-16(11)12/h2-3,6H,1,4-5,7-8H2. The molecule has 4 heteroatoms. The molecule has 0 saturated carbocycles. The van der Waals surface area contributed by atoms with E-state index in [0.717, 1.165) is 29.7 Å². The molecule has 2 aliphatic rings. The molecule has 1 fully saturated rings. The van der Waals surface area contributed by atoms with Gasteiger partial charge in [-0.05, 0) is 31.0 Å². The number of nitrogens with zero attached hydrogens (tertiary/aromatic N) is 2. The van der Waals surface area contributed by atoms with Gasteiger partial charge in [-0.3, -0.25) is 0 Å². The molecule has 2 aromatic rings. The van der Waals surface area contributed by atoms with Crippen molar-refractivity contribution in [3.63, 3.8) is 0 Å². The van der Waals surface area contributed by atoms with Crippen molar-refractivity contribution in [2.45, 2.75) is 24.8 Å². The van der Waals surface area contributed by atoms with E-state index in [1.54, 1.807) is 0 Å². The van der Waals surface area contributed by atoms with Gasteiger partial charge >= 0.3 is 0 Å². The van der Waals surface area contributed by atoms with Gasteiger partial charge in [0, 0.05) is 11.0 Å². The fourth-order valence-electron chi connectivity index (χ4n) is 3.04. The van der Waals surface area contributed by atoms with Crippen LogP contribution >= 0.6 is 15.9 Å². The number of imidazole rings is 1. The van der Waals surface area contributed by atoms with E-state index >= 15 is 0 Å². The van der Waals surface area contributed by atoms with Gasteiger partial charge in [-0.2, -0.15) is 0 Å². The highest BCUT2D eigenvalue weighted by atomic mass is 79.9. The lowest BCUT2D eigenvalue weighted by Gasteiger charge is -2.43. The lowest BCUT2D eigenvalue weighted by atomic mass is 9.78. The number of rotatable bonds is 0. The Kier molecular flexibility index (Phi) is 1.97. The number of halogens is 1. The quantitative estimate of drug-likeness (QED) is 0.747. The summed E-state index contributed by atoms with van der Waals surface area (Å²) in [5.74, 6) is 1.24. The van der Waals surface area contributed by atoms with Crippen molar-refractivity contribution in [1.82, 2.24) is 9.55 Å². The van der Waals surface area contributed by atoms with Gasteiger partial charge < -0.3 is 9.30 Å². The zero-order valence-corrected chi connectivity index (χ0v) is 11.0. The number of hydrogen-bond donors (Lipinski definition) is 0. The Morgan fingerprint density at radius 2 is 2.24 bits per heavy atom. The number of benzene rings is 1. The third-order valence-corrected chi connectivity index (χ3v) is 4.47. The maximum Gasteiger partial charge on any atom is 0.120 e. The van der Waals surface area contributed by atoms with Crippen LogP contribution in [0.4, 0.5) is 0 Å². The van der Waals surface area contributed by atoms with Crippen molar-refractivity contribution < 1.29 is 4.74 Å². The van der Waals surface area contributed by atoms with Crippen molar-refractivity contribution >= 4 is 27.0 Å². The molecule has 0 unspecified atom stereocenters. The van der Waals surface area contributed by atoms with Crippen LogP contribution in [-0.4, -0.2) is 22.8 Å². The first-order valence-corrected chi connectivity index (χ1v) is 6.82. The normalized spacial score (nSPS) is 21.5. The van der Waals surface area contributed by atoms with Crippen molar-refractivity contribution in [3.05, 3.63) is 28.5 Å². The molecule has 1 aromatic carbocycles. The van der Waals surface area contributed by atoms with Crippen molar-refractivity contribution in [2.24, 2.45) is 0 Å². The zero-order valence-electron chi connectivity index (χ0n) is 9.45. The molecule has 1 spiro atoms. The van der Waals surface area contributed by atoms with Gasteiger partial charge in [0.1, 0.15) is 5.82 Å². The van der Waals surface area contributed by atoms with Crippen LogP contribution < -0.4 is 0 Å². The topological polar surface area (TPSA) is 27.1 Å². The lowest BCUT2D eigenvalue weighted by molar-refractivity contribution is -0.0764. The Balaban J connectivity index is 2.00. The van der Waals surface area contributed by atoms with Crippen molar-refractivity contribution in [1.29, 1.82) is 0 Å². The fraction of sp³-hybridized carbons (Fsp3) is 0.462. The van der Waals surface area contributed by atoms with Crippen LogP contribution in [0.2, 0.25) is 0 Å². The fourth-order valence-corrected chi connectivity index (χ4v) is 3.39. The van der Waals surface area contributed by atoms with E-state index in [4.69, 9.17) is 9.72 Å². The van der Waals surface area contributed by atoms with Crippen LogP contribution in [0.5, 0.6) is 0 Å². The third kappa shape index (κ3) is 1.28. The largest absolute Gasteiger partial charge is 0.379 e. The number of aromatic nitrogens is 2. The van der Waals surface area contributed by atoms with Gasteiger partial charge in [-0.25, -0.2) is 4.98 Å². The Morgan fingerprint density at radius 1 is 1.35 bits per heavy atom. The summed E-state index contributed by atoms with van der Waals surface area (Å²) >= 11 is 3.51. The van der Waals surface area contributed by atoms with E-state index in [2.05, 4.69) is 38.7 Å². The second-order valence-electron chi connectivity index (χ2n) is 5.10. The molecular weight excluding hydrogens is 280 g/mol. The number of hydrogen-bond acceptors (Lipinski definition) is 2. The Labute approximate surface area is 108 Å². The van der Waals surface area contributed by atoms with Gasteiger partial charge in [-0.1, -0.05) is 15.9 Å². The van der Waals surface area contributed by atoms with Crippen molar-refractivity contribution in [2.75, 3.05) is 13.2 Å². The molecule has 0 atom stereocenters. The van der Waals surface area contributed by atoms with Crippen LogP contribution in [0.1, 0.15) is 18.7 Å². The molecule has 1 aromatic heterocycles. The van der Waals surface area contributed by atoms with E-state index in [9.17, 15) is 0 Å². The van der Waals surface area contributed by atoms with Gasteiger partial charge in [0.25, 0.3) is 0 Å². The second-order valence-corrected chi connectivity index (χ2v) is 6.01. The summed E-state index contributed by atoms with van der Waals surface area (Å²) in [6, 6.07) is 6.36. The number of aryl methyl sites for hydroxylation is 1. The smallest absolute Gasteiger partial charge is 0.120 e. The Morgan fingerprint density at radius 3 is 3.00 bits per heavy atom. The molecule has 0 bridgehead atoms. The minimum absolute atomic E-state index is 0.212. The second kappa shape index (κ2) is 3.33. The molecule has 1 saturated heterocycles. The van der Waals surface area contributed by atoms with E-state index in [1.807, 2.05) is 0 Å². The molecule has 3 nitrogen and oxygen atoms in total. The number of fused-ring (bicyclic) bond motifs is 4. The van der Waals surface area contributed by atoms with E-state index in [-0.39, 0.29) is 5.41 Å². The molecular formula is C13H13BrN2O. The van der Waals surface area contributed by atoms with Crippen molar-refractivity contribution in [3.8, 4) is 0 Å². The molecule has 2 aliphatic heterocycles. The summed E-state index contributed by atoms with van der Waals surface area (Å²) in [4.78, 5) is 4.84. The highest BCUT2D eigenvalue weighted by molar-refractivity contribution is 9.10. The van der Waals surface area contributed by atoms with E-state index in [0.29, 0.717) is 0 Å². The predicted octanol–water partition coefficient (Wildman–Crippen LogP) is 2.86. The first-order chi connectivity index (χ1) is 8.28. The van der Waals surface area contributed by atoms with Gasteiger partial charge in [0.15, 0.2) is 0 Å². The average Bonchev–Trinajstić information content (AvgIpc) is 2.63. The monoisotopic (exact) mass is 292 g/mol. The maximum absolute atomic E-state index is 5.43. The van der Waals surface area contributed by atoms with Gasteiger partial charge in [0.05, 0.1) is 29.7 Å². The molecule has 0 aliphatic carbocycles. The first kappa shape index (κ1) is 10.1. The molecule has 0 amide bonds. The minimum atomic E-state index is 0.212. The maximum atomic E-state index is 5.43. The highest BCUT2D eigenvalue weighted by Crippen LogP contribution is 2.41. The summed E-state index contributed by atoms with van der Waals surface area (Å²) < 4.78 is 8.91. The molecule has 88 valence electrons. The van der Waals surface area contributed by atoms with Crippen LogP contribution in [0.3, 0.4) is 0 Å². The highest BCUT2D eigenvalue weighted by Gasteiger charge is 2.45. The molecule has 17 heavy (non-hydrogen) atoms. The first-order valence-electron chi connectivity index (χ1n) is 6.03. The summed E-state index contributed by atoms with van der Waals surface area (Å²) in [6.45, 7) is 2.78. The summed E-state index contributed by atoms with van der Waals surface area (Å²) in [5.41, 5.74) is 2.57. The van der Waals surface area contributed by atoms with Gasteiger partial charge in [-0.15, -0.1) is 0 Å². The SMILES string of the molecule is Brc1ccc2c(c1)nc1n2CCCC12COC2. The average molecular weight is 293 g/mol. The van der Waals surface area contributed by atoms with E-state index in [1.165, 1.54) is 24.2 Å². The molecule has 0 radical (unpaired) electrons. The van der Waals surface area contributed by atoms with Gasteiger partial charge in [0.2, 0.25) is 0 Å². The summed E-state index contributed by atoms with van der Waals surface area (Å²) in [5, 5.41) is 0. The summed E-state index contributed by atoms with van der Waals surface area (Å²) in [7, 11) is 0. The number of ether oxygens (including phenoxy) is 1. The van der Waals surface area contributed by atoms with Crippen LogP contribution in [0.15, 0.2) is 22.7 Å². The van der Waals surface area contributed by atoms with Crippen LogP contribution in [0.25, 0.3) is 11.0 Å². The van der Waals surface area contributed by atoms with Crippen LogP contribution in [-0.2, 0) is 16.7 Å². The molecule has 0 N–H and O–H groups in total. The van der Waals surface area contributed by atoms with E-state index < -0.39 is 0 Å².